The minimum absolute atomic E-state index is 0.0467. The molecule has 0 saturated heterocycles. The SMILES string of the molecule is CC(F)c1c(F)cc2[nH]ncc2c1-c1ccc2nc(NC(=O)[C@@H]3C[C@@H]3F)cn2c1. The number of fused-ring (bicyclic) bond motifs is 2. The fourth-order valence-corrected chi connectivity index (χ4v) is 3.63. The number of H-pyrrole nitrogens is 1. The van der Waals surface area contributed by atoms with E-state index in [0.717, 1.165) is 0 Å². The van der Waals surface area contributed by atoms with Crippen molar-refractivity contribution < 1.29 is 18.0 Å². The van der Waals surface area contributed by atoms with E-state index < -0.39 is 30.0 Å². The summed E-state index contributed by atoms with van der Waals surface area (Å²) in [7, 11) is 0. The zero-order chi connectivity index (χ0) is 20.3. The monoisotopic (exact) mass is 399 g/mol. The molecule has 0 spiro atoms. The molecule has 3 atom stereocenters. The fraction of sp³-hybridized carbons (Fsp3) is 0.250. The molecule has 3 aromatic heterocycles. The number of carbonyl (C=O) groups excluding carboxylic acids is 1. The molecule has 1 aliphatic rings. The van der Waals surface area contributed by atoms with Crippen LogP contribution in [0.4, 0.5) is 19.0 Å². The molecule has 1 aliphatic carbocycles. The molecular weight excluding hydrogens is 383 g/mol. The highest BCUT2D eigenvalue weighted by Gasteiger charge is 2.43. The molecular formula is C20H16F3N5O. The van der Waals surface area contributed by atoms with E-state index in [1.165, 1.54) is 19.2 Å². The molecule has 1 fully saturated rings. The summed E-state index contributed by atoms with van der Waals surface area (Å²) in [5.74, 6) is -1.39. The zero-order valence-corrected chi connectivity index (χ0v) is 15.3. The number of imidazole rings is 1. The second kappa shape index (κ2) is 6.33. The average molecular weight is 399 g/mol. The van der Waals surface area contributed by atoms with Crippen molar-refractivity contribution in [3.63, 3.8) is 0 Å². The van der Waals surface area contributed by atoms with Gasteiger partial charge in [0, 0.05) is 22.7 Å². The Morgan fingerprint density at radius 2 is 2.17 bits per heavy atom. The molecule has 0 radical (unpaired) electrons. The molecule has 6 nitrogen and oxygen atoms in total. The molecule has 9 heteroatoms. The summed E-state index contributed by atoms with van der Waals surface area (Å²) in [6.07, 6.45) is 2.41. The molecule has 3 heterocycles. The van der Waals surface area contributed by atoms with Gasteiger partial charge in [-0.15, -0.1) is 0 Å². The summed E-state index contributed by atoms with van der Waals surface area (Å²) in [6.45, 7) is 1.28. The highest BCUT2D eigenvalue weighted by molar-refractivity contribution is 5.97. The molecule has 5 rings (SSSR count). The van der Waals surface area contributed by atoms with Gasteiger partial charge in [0.2, 0.25) is 5.91 Å². The number of benzene rings is 1. The van der Waals surface area contributed by atoms with E-state index in [4.69, 9.17) is 0 Å². The minimum atomic E-state index is -1.52. The smallest absolute Gasteiger partial charge is 0.231 e. The molecule has 1 saturated carbocycles. The van der Waals surface area contributed by atoms with Crippen LogP contribution in [-0.2, 0) is 4.79 Å². The largest absolute Gasteiger partial charge is 0.309 e. The number of hydrogen-bond acceptors (Lipinski definition) is 3. The maximum Gasteiger partial charge on any atom is 0.231 e. The number of pyridine rings is 1. The van der Waals surface area contributed by atoms with Crippen LogP contribution in [0.25, 0.3) is 27.7 Å². The van der Waals surface area contributed by atoms with Crippen LogP contribution in [0, 0.1) is 11.7 Å². The van der Waals surface area contributed by atoms with Gasteiger partial charge in [-0.1, -0.05) is 0 Å². The Bertz CT molecular complexity index is 1260. The van der Waals surface area contributed by atoms with Crippen molar-refractivity contribution in [2.24, 2.45) is 5.92 Å². The van der Waals surface area contributed by atoms with Gasteiger partial charge >= 0.3 is 0 Å². The second-order valence-corrected chi connectivity index (χ2v) is 7.25. The van der Waals surface area contributed by atoms with Crippen LogP contribution >= 0.6 is 0 Å². The number of alkyl halides is 2. The van der Waals surface area contributed by atoms with E-state index in [0.29, 0.717) is 27.7 Å². The van der Waals surface area contributed by atoms with Crippen molar-refractivity contribution in [1.82, 2.24) is 19.6 Å². The van der Waals surface area contributed by atoms with Gasteiger partial charge in [-0.05, 0) is 37.1 Å². The molecule has 0 aliphatic heterocycles. The lowest BCUT2D eigenvalue weighted by Crippen LogP contribution is -2.15. The van der Waals surface area contributed by atoms with Crippen molar-refractivity contribution in [2.45, 2.75) is 25.7 Å². The van der Waals surface area contributed by atoms with E-state index in [1.54, 1.807) is 28.9 Å². The number of nitrogens with one attached hydrogen (secondary N) is 2. The number of aromatic amines is 1. The molecule has 1 amide bonds. The maximum absolute atomic E-state index is 14.6. The van der Waals surface area contributed by atoms with Crippen LogP contribution in [0.1, 0.15) is 25.1 Å². The summed E-state index contributed by atoms with van der Waals surface area (Å²) in [5, 5.41) is 9.86. The van der Waals surface area contributed by atoms with Gasteiger partial charge in [-0.25, -0.2) is 18.2 Å². The molecule has 1 aromatic carbocycles. The van der Waals surface area contributed by atoms with E-state index >= 15 is 0 Å². The first-order chi connectivity index (χ1) is 13.9. The zero-order valence-electron chi connectivity index (χ0n) is 15.3. The summed E-state index contributed by atoms with van der Waals surface area (Å²) >= 11 is 0. The van der Waals surface area contributed by atoms with Crippen molar-refractivity contribution in [3.8, 4) is 11.1 Å². The number of aromatic nitrogens is 4. The van der Waals surface area contributed by atoms with Gasteiger partial charge in [0.05, 0.1) is 23.8 Å². The van der Waals surface area contributed by atoms with Crippen molar-refractivity contribution >= 4 is 28.3 Å². The van der Waals surface area contributed by atoms with Gasteiger partial charge in [0.1, 0.15) is 23.8 Å². The molecule has 0 bridgehead atoms. The first-order valence-electron chi connectivity index (χ1n) is 9.16. The van der Waals surface area contributed by atoms with Gasteiger partial charge in [-0.3, -0.25) is 9.89 Å². The molecule has 1 unspecified atom stereocenters. The number of halogens is 3. The second-order valence-electron chi connectivity index (χ2n) is 7.25. The Kier molecular flexibility index (Phi) is 3.87. The van der Waals surface area contributed by atoms with Crippen LogP contribution in [0.15, 0.2) is 36.8 Å². The third-order valence-electron chi connectivity index (χ3n) is 5.17. The summed E-state index contributed by atoms with van der Waals surface area (Å²) in [6, 6.07) is 4.62. The third-order valence-corrected chi connectivity index (χ3v) is 5.17. The molecule has 4 aromatic rings. The van der Waals surface area contributed by atoms with Crippen LogP contribution < -0.4 is 5.32 Å². The Labute approximate surface area is 162 Å². The number of hydrogen-bond donors (Lipinski definition) is 2. The first kappa shape index (κ1) is 17.7. The van der Waals surface area contributed by atoms with Crippen LogP contribution in [-0.4, -0.2) is 31.7 Å². The quantitative estimate of drug-likeness (QED) is 0.536. The minimum Gasteiger partial charge on any atom is -0.309 e. The van der Waals surface area contributed by atoms with Crippen LogP contribution in [0.2, 0.25) is 0 Å². The molecule has 148 valence electrons. The number of carbonyl (C=O) groups is 1. The highest BCUT2D eigenvalue weighted by atomic mass is 19.1. The summed E-state index contributed by atoms with van der Waals surface area (Å²) < 4.78 is 43.6. The predicted molar refractivity (Wildman–Crippen MR) is 101 cm³/mol. The fourth-order valence-electron chi connectivity index (χ4n) is 3.63. The number of rotatable bonds is 4. The van der Waals surface area contributed by atoms with Gasteiger partial charge in [0.15, 0.2) is 5.82 Å². The number of amides is 1. The van der Waals surface area contributed by atoms with Crippen molar-refractivity contribution in [2.75, 3.05) is 5.32 Å². The standard InChI is InChI=1S/C20H16F3N5O/c1-9(21)18-14(23)5-15-12(6-24-27-15)19(18)10-2-3-17-25-16(8-28(17)7-10)26-20(29)11-4-13(11)22/h2-3,5-9,11,13H,4H2,1H3,(H,24,27)(H,26,29)/t9?,11-,13+/m1/s1. The van der Waals surface area contributed by atoms with Crippen LogP contribution in [0.5, 0.6) is 0 Å². The van der Waals surface area contributed by atoms with Gasteiger partial charge in [0.25, 0.3) is 0 Å². The lowest BCUT2D eigenvalue weighted by molar-refractivity contribution is -0.117. The number of nitrogens with zero attached hydrogens (tertiary/aromatic N) is 3. The maximum atomic E-state index is 14.6. The summed E-state index contributed by atoms with van der Waals surface area (Å²) in [5.41, 5.74) is 1.93. The van der Waals surface area contributed by atoms with Crippen LogP contribution in [0.3, 0.4) is 0 Å². The lowest BCUT2D eigenvalue weighted by atomic mass is 9.94. The normalized spacial score (nSPS) is 19.6. The van der Waals surface area contributed by atoms with Crippen molar-refractivity contribution in [1.29, 1.82) is 0 Å². The van der Waals surface area contributed by atoms with Crippen molar-refractivity contribution in [3.05, 3.63) is 48.2 Å². The molecule has 29 heavy (non-hydrogen) atoms. The topological polar surface area (TPSA) is 75.1 Å². The summed E-state index contributed by atoms with van der Waals surface area (Å²) in [4.78, 5) is 16.2. The van der Waals surface area contributed by atoms with E-state index in [9.17, 15) is 18.0 Å². The third kappa shape index (κ3) is 2.93. The van der Waals surface area contributed by atoms with E-state index in [1.807, 2.05) is 0 Å². The average Bonchev–Trinajstić information content (AvgIpc) is 3.06. The number of anilines is 1. The molecule has 2 N–H and O–H groups in total. The Morgan fingerprint density at radius 3 is 2.90 bits per heavy atom. The predicted octanol–water partition coefficient (Wildman–Crippen LogP) is 4.34. The van der Waals surface area contributed by atoms with Gasteiger partial charge in [-0.2, -0.15) is 5.10 Å². The first-order valence-corrected chi connectivity index (χ1v) is 9.16. The van der Waals surface area contributed by atoms with E-state index in [-0.39, 0.29) is 17.8 Å². The Hall–Kier alpha value is -3.36. The van der Waals surface area contributed by atoms with Gasteiger partial charge < -0.3 is 9.72 Å². The Balaban J connectivity index is 1.60. The van der Waals surface area contributed by atoms with E-state index in [2.05, 4.69) is 20.5 Å². The lowest BCUT2D eigenvalue weighted by Gasteiger charge is -2.14. The Morgan fingerprint density at radius 1 is 1.38 bits per heavy atom. The highest BCUT2D eigenvalue weighted by Crippen LogP contribution is 2.38.